The summed E-state index contributed by atoms with van der Waals surface area (Å²) in [5.41, 5.74) is 1.06. The molecule has 138 valence electrons. The van der Waals surface area contributed by atoms with Crippen LogP contribution in [0.4, 0.5) is 10.1 Å². The number of hydrogen-bond acceptors (Lipinski definition) is 3. The third-order valence-corrected chi connectivity index (χ3v) is 4.79. The van der Waals surface area contributed by atoms with Gasteiger partial charge < -0.3 is 14.4 Å². The number of rotatable bonds is 6. The highest BCUT2D eigenvalue weighted by Crippen LogP contribution is 2.40. The number of para-hydroxylation sites is 1. The number of ether oxygens (including phenoxy) is 2. The molecule has 1 saturated heterocycles. The fraction of sp³-hybridized carbons (Fsp3) is 0.350. The minimum absolute atomic E-state index is 0.274. The Labute approximate surface area is 158 Å². The Morgan fingerprint density at radius 1 is 1.35 bits per heavy atom. The lowest BCUT2D eigenvalue weighted by Crippen LogP contribution is -2.52. The topological polar surface area (TPSA) is 34.1 Å². The summed E-state index contributed by atoms with van der Waals surface area (Å²) in [5, 5.41) is 0.486. The summed E-state index contributed by atoms with van der Waals surface area (Å²) in [6.45, 7) is 5.31. The molecule has 3 rings (SSSR count). The number of hydrogen-bond donors (Lipinski definition) is 0. The molecule has 1 aliphatic heterocycles. The molecule has 1 aliphatic rings. The SMILES string of the molecule is CCN(C)C=Nc1cc(F)c(C2(Oc3ccccc3Cl)COC2)cc1C. The highest BCUT2D eigenvalue weighted by Gasteiger charge is 2.45. The fourth-order valence-electron chi connectivity index (χ4n) is 2.70. The molecule has 1 fully saturated rings. The molecule has 0 atom stereocenters. The van der Waals surface area contributed by atoms with E-state index in [-0.39, 0.29) is 19.0 Å². The van der Waals surface area contributed by atoms with Crippen LogP contribution in [0, 0.1) is 12.7 Å². The first kappa shape index (κ1) is 18.7. The second-order valence-electron chi connectivity index (χ2n) is 6.46. The van der Waals surface area contributed by atoms with E-state index in [1.807, 2.05) is 37.9 Å². The Balaban J connectivity index is 1.93. The molecule has 26 heavy (non-hydrogen) atoms. The van der Waals surface area contributed by atoms with Crippen molar-refractivity contribution >= 4 is 23.6 Å². The number of aliphatic imine (C=N–C) groups is 1. The third kappa shape index (κ3) is 3.69. The average molecular weight is 377 g/mol. The second kappa shape index (κ2) is 7.64. The lowest BCUT2D eigenvalue weighted by atomic mass is 9.89. The van der Waals surface area contributed by atoms with E-state index < -0.39 is 5.60 Å². The molecular weight excluding hydrogens is 355 g/mol. The number of benzene rings is 2. The molecule has 1 heterocycles. The van der Waals surface area contributed by atoms with E-state index in [0.717, 1.165) is 12.1 Å². The van der Waals surface area contributed by atoms with Crippen molar-refractivity contribution in [1.29, 1.82) is 0 Å². The summed E-state index contributed by atoms with van der Waals surface area (Å²) in [5.74, 6) is 0.151. The lowest BCUT2D eigenvalue weighted by molar-refractivity contribution is -0.169. The molecule has 0 unspecified atom stereocenters. The fourth-order valence-corrected chi connectivity index (χ4v) is 2.87. The van der Waals surface area contributed by atoms with Crippen molar-refractivity contribution in [2.75, 3.05) is 26.8 Å². The van der Waals surface area contributed by atoms with Crippen molar-refractivity contribution < 1.29 is 13.9 Å². The number of nitrogens with zero attached hydrogens (tertiary/aromatic N) is 2. The van der Waals surface area contributed by atoms with Gasteiger partial charge in [-0.1, -0.05) is 23.7 Å². The van der Waals surface area contributed by atoms with Gasteiger partial charge in [-0.2, -0.15) is 0 Å². The lowest BCUT2D eigenvalue weighted by Gasteiger charge is -2.42. The van der Waals surface area contributed by atoms with Gasteiger partial charge in [-0.3, -0.25) is 0 Å². The summed E-state index contributed by atoms with van der Waals surface area (Å²) in [6, 6.07) is 10.4. The Morgan fingerprint density at radius 3 is 2.69 bits per heavy atom. The largest absolute Gasteiger partial charge is 0.476 e. The first-order valence-electron chi connectivity index (χ1n) is 8.51. The van der Waals surface area contributed by atoms with Crippen molar-refractivity contribution in [2.24, 2.45) is 4.99 Å². The van der Waals surface area contributed by atoms with Gasteiger partial charge in [-0.05, 0) is 37.6 Å². The molecule has 4 nitrogen and oxygen atoms in total. The molecule has 0 aliphatic carbocycles. The first-order valence-corrected chi connectivity index (χ1v) is 8.89. The van der Waals surface area contributed by atoms with Gasteiger partial charge in [0.05, 0.1) is 30.3 Å². The van der Waals surface area contributed by atoms with E-state index in [4.69, 9.17) is 21.1 Å². The van der Waals surface area contributed by atoms with Crippen LogP contribution in [-0.4, -0.2) is 38.0 Å². The van der Waals surface area contributed by atoms with E-state index in [9.17, 15) is 4.39 Å². The molecule has 0 radical (unpaired) electrons. The normalized spacial score (nSPS) is 15.7. The Kier molecular flexibility index (Phi) is 5.49. The Hall–Kier alpha value is -2.11. The molecular formula is C20H22ClFN2O2. The molecule has 0 bridgehead atoms. The summed E-state index contributed by atoms with van der Waals surface area (Å²) in [7, 11) is 1.92. The van der Waals surface area contributed by atoms with Gasteiger partial charge in [0.2, 0.25) is 0 Å². The highest BCUT2D eigenvalue weighted by atomic mass is 35.5. The highest BCUT2D eigenvalue weighted by molar-refractivity contribution is 6.32. The molecule has 0 amide bonds. The van der Waals surface area contributed by atoms with Crippen LogP contribution in [0.15, 0.2) is 41.4 Å². The van der Waals surface area contributed by atoms with Crippen LogP contribution in [0.5, 0.6) is 5.75 Å². The quantitative estimate of drug-likeness (QED) is 0.541. The van der Waals surface area contributed by atoms with E-state index in [0.29, 0.717) is 22.0 Å². The van der Waals surface area contributed by atoms with E-state index in [1.54, 1.807) is 24.5 Å². The maximum absolute atomic E-state index is 14.9. The number of aryl methyl sites for hydroxylation is 1. The minimum atomic E-state index is -0.873. The van der Waals surface area contributed by atoms with Crippen molar-refractivity contribution in [3.63, 3.8) is 0 Å². The predicted molar refractivity (Wildman–Crippen MR) is 102 cm³/mol. The average Bonchev–Trinajstić information content (AvgIpc) is 2.60. The van der Waals surface area contributed by atoms with Crippen molar-refractivity contribution in [1.82, 2.24) is 4.90 Å². The molecule has 2 aromatic carbocycles. The van der Waals surface area contributed by atoms with Gasteiger partial charge in [0, 0.05) is 25.2 Å². The molecule has 2 aromatic rings. The maximum atomic E-state index is 14.9. The maximum Gasteiger partial charge on any atom is 0.183 e. The second-order valence-corrected chi connectivity index (χ2v) is 6.86. The number of halogens is 2. The van der Waals surface area contributed by atoms with Gasteiger partial charge in [0.1, 0.15) is 11.6 Å². The van der Waals surface area contributed by atoms with Crippen LogP contribution in [0.3, 0.4) is 0 Å². The Morgan fingerprint density at radius 2 is 2.08 bits per heavy atom. The standard InChI is InChI=1S/C20H22ClFN2O2/c1-4-24(3)13-23-18-10-17(22)15(9-14(18)2)20(11-25-12-20)26-19-8-6-5-7-16(19)21/h5-10,13H,4,11-12H2,1-3H3. The zero-order valence-corrected chi connectivity index (χ0v) is 15.9. The molecule has 0 spiro atoms. The predicted octanol–water partition coefficient (Wildman–Crippen LogP) is 4.70. The monoisotopic (exact) mass is 376 g/mol. The Bertz CT molecular complexity index is 821. The van der Waals surface area contributed by atoms with Gasteiger partial charge in [-0.25, -0.2) is 9.38 Å². The zero-order chi connectivity index (χ0) is 18.7. The third-order valence-electron chi connectivity index (χ3n) is 4.48. The zero-order valence-electron chi connectivity index (χ0n) is 15.1. The van der Waals surface area contributed by atoms with E-state index in [1.165, 1.54) is 6.07 Å². The van der Waals surface area contributed by atoms with E-state index in [2.05, 4.69) is 4.99 Å². The molecule has 6 heteroatoms. The van der Waals surface area contributed by atoms with E-state index >= 15 is 0 Å². The van der Waals surface area contributed by atoms with Gasteiger partial charge in [0.25, 0.3) is 0 Å². The molecule has 0 aromatic heterocycles. The van der Waals surface area contributed by atoms with Crippen molar-refractivity contribution in [2.45, 2.75) is 19.4 Å². The first-order chi connectivity index (χ1) is 12.4. The minimum Gasteiger partial charge on any atom is -0.476 e. The van der Waals surface area contributed by atoms with Gasteiger partial charge in [0.15, 0.2) is 5.60 Å². The van der Waals surface area contributed by atoms with Crippen LogP contribution in [0.1, 0.15) is 18.1 Å². The van der Waals surface area contributed by atoms with Gasteiger partial charge in [-0.15, -0.1) is 0 Å². The summed E-state index contributed by atoms with van der Waals surface area (Å²) in [4.78, 5) is 6.29. The van der Waals surface area contributed by atoms with Crippen LogP contribution in [0.25, 0.3) is 0 Å². The summed E-state index contributed by atoms with van der Waals surface area (Å²) in [6.07, 6.45) is 1.70. The van der Waals surface area contributed by atoms with Crippen LogP contribution < -0.4 is 4.74 Å². The van der Waals surface area contributed by atoms with Crippen LogP contribution in [0.2, 0.25) is 5.02 Å². The van der Waals surface area contributed by atoms with Crippen LogP contribution >= 0.6 is 11.6 Å². The van der Waals surface area contributed by atoms with Crippen molar-refractivity contribution in [3.05, 3.63) is 58.4 Å². The molecule has 0 saturated carbocycles. The van der Waals surface area contributed by atoms with Crippen LogP contribution in [-0.2, 0) is 10.3 Å². The molecule has 0 N–H and O–H groups in total. The summed E-state index contributed by atoms with van der Waals surface area (Å²) >= 11 is 6.20. The summed E-state index contributed by atoms with van der Waals surface area (Å²) < 4.78 is 26.4. The smallest absolute Gasteiger partial charge is 0.183 e. The van der Waals surface area contributed by atoms with Gasteiger partial charge >= 0.3 is 0 Å². The van der Waals surface area contributed by atoms with Crippen molar-refractivity contribution in [3.8, 4) is 5.75 Å².